The third-order valence-electron chi connectivity index (χ3n) is 2.45. The van der Waals surface area contributed by atoms with Crippen LogP contribution < -0.4 is 10.5 Å². The first kappa shape index (κ1) is 14.1. The third kappa shape index (κ3) is 3.78. The van der Waals surface area contributed by atoms with E-state index in [1.54, 1.807) is 0 Å². The van der Waals surface area contributed by atoms with Crippen LogP contribution in [0, 0.1) is 0 Å². The molecule has 1 aromatic carbocycles. The van der Waals surface area contributed by atoms with Crippen LogP contribution >= 0.6 is 11.6 Å². The number of hydrogen-bond donors (Lipinski definition) is 1. The lowest BCUT2D eigenvalue weighted by molar-refractivity contribution is -0.274. The van der Waals surface area contributed by atoms with Gasteiger partial charge in [-0.3, -0.25) is 0 Å². The first-order chi connectivity index (χ1) is 7.65. The number of nitrogens with two attached hydrogens (primary N) is 1. The highest BCUT2D eigenvalue weighted by atomic mass is 35.5. The Balaban J connectivity index is 3.02. The minimum absolute atomic E-state index is 0.0821. The Labute approximate surface area is 103 Å². The molecule has 96 valence electrons. The van der Waals surface area contributed by atoms with Crippen molar-refractivity contribution in [1.29, 1.82) is 0 Å². The Morgan fingerprint density at radius 1 is 1.29 bits per heavy atom. The zero-order chi connectivity index (χ0) is 13.3. The minimum atomic E-state index is -4.74. The van der Waals surface area contributed by atoms with Gasteiger partial charge in [0.15, 0.2) is 0 Å². The topological polar surface area (TPSA) is 35.2 Å². The van der Waals surface area contributed by atoms with E-state index in [-0.39, 0.29) is 10.4 Å². The quantitative estimate of drug-likeness (QED) is 0.910. The number of ether oxygens (including phenoxy) is 1. The lowest BCUT2D eigenvalue weighted by atomic mass is 9.85. The number of halogens is 4. The van der Waals surface area contributed by atoms with E-state index in [0.717, 1.165) is 5.56 Å². The van der Waals surface area contributed by atoms with Crippen molar-refractivity contribution in [3.05, 3.63) is 28.8 Å². The molecule has 0 atom stereocenters. The van der Waals surface area contributed by atoms with Crippen molar-refractivity contribution in [1.82, 2.24) is 0 Å². The summed E-state index contributed by atoms with van der Waals surface area (Å²) in [6.45, 7) is 4.12. The molecule has 0 spiro atoms. The summed E-state index contributed by atoms with van der Waals surface area (Å²) in [6, 6.07) is 4.16. The predicted octanol–water partition coefficient (Wildman–Crippen LogP) is 3.47. The fourth-order valence-electron chi connectivity index (χ4n) is 1.25. The molecular formula is C11H13ClF3NO. The van der Waals surface area contributed by atoms with Crippen LogP contribution in [0.1, 0.15) is 19.4 Å². The maximum Gasteiger partial charge on any atom is 0.573 e. The van der Waals surface area contributed by atoms with E-state index >= 15 is 0 Å². The minimum Gasteiger partial charge on any atom is -0.404 e. The highest BCUT2D eigenvalue weighted by molar-refractivity contribution is 6.32. The fourth-order valence-corrected chi connectivity index (χ4v) is 1.47. The van der Waals surface area contributed by atoms with E-state index < -0.39 is 12.1 Å². The molecule has 0 unspecified atom stereocenters. The maximum absolute atomic E-state index is 12.0. The summed E-state index contributed by atoms with van der Waals surface area (Å²) in [5.41, 5.74) is 5.99. The van der Waals surface area contributed by atoms with Gasteiger partial charge in [-0.1, -0.05) is 31.5 Å². The maximum atomic E-state index is 12.0. The number of rotatable bonds is 3. The van der Waals surface area contributed by atoms with E-state index in [1.807, 2.05) is 13.8 Å². The van der Waals surface area contributed by atoms with Crippen molar-refractivity contribution < 1.29 is 17.9 Å². The average molecular weight is 268 g/mol. The van der Waals surface area contributed by atoms with Crippen molar-refractivity contribution in [2.45, 2.75) is 25.6 Å². The monoisotopic (exact) mass is 267 g/mol. The Bertz CT molecular complexity index is 404. The van der Waals surface area contributed by atoms with Gasteiger partial charge in [0.2, 0.25) is 0 Å². The lowest BCUT2D eigenvalue weighted by Gasteiger charge is -2.23. The van der Waals surface area contributed by atoms with E-state index in [4.69, 9.17) is 17.3 Å². The van der Waals surface area contributed by atoms with Crippen LogP contribution in [0.15, 0.2) is 18.2 Å². The molecule has 0 heterocycles. The molecule has 2 N–H and O–H groups in total. The molecule has 0 aliphatic rings. The van der Waals surface area contributed by atoms with Gasteiger partial charge in [0.25, 0.3) is 0 Å². The normalized spacial score (nSPS) is 12.6. The van der Waals surface area contributed by atoms with Crippen molar-refractivity contribution in [3.63, 3.8) is 0 Å². The second-order valence-electron chi connectivity index (χ2n) is 4.28. The summed E-state index contributed by atoms with van der Waals surface area (Å²) < 4.78 is 39.8. The Morgan fingerprint density at radius 3 is 2.29 bits per heavy atom. The van der Waals surface area contributed by atoms with Gasteiger partial charge < -0.3 is 10.5 Å². The molecule has 1 rings (SSSR count). The molecule has 0 bridgehead atoms. The van der Waals surface area contributed by atoms with Crippen molar-refractivity contribution >= 4 is 11.6 Å². The summed E-state index contributed by atoms with van der Waals surface area (Å²) in [5.74, 6) is -0.407. The highest BCUT2D eigenvalue weighted by Gasteiger charge is 2.32. The van der Waals surface area contributed by atoms with Crippen LogP contribution in [0.3, 0.4) is 0 Å². The summed E-state index contributed by atoms with van der Waals surface area (Å²) in [7, 11) is 0. The van der Waals surface area contributed by atoms with Crippen molar-refractivity contribution in [3.8, 4) is 5.75 Å². The summed E-state index contributed by atoms with van der Waals surface area (Å²) in [4.78, 5) is 0. The molecule has 0 radical (unpaired) electrons. The first-order valence-corrected chi connectivity index (χ1v) is 5.29. The van der Waals surface area contributed by atoms with Crippen LogP contribution in [0.25, 0.3) is 0 Å². The largest absolute Gasteiger partial charge is 0.573 e. The highest BCUT2D eigenvalue weighted by Crippen LogP contribution is 2.33. The zero-order valence-corrected chi connectivity index (χ0v) is 10.2. The van der Waals surface area contributed by atoms with E-state index in [2.05, 4.69) is 4.74 Å². The first-order valence-electron chi connectivity index (χ1n) is 4.91. The molecule has 0 fully saturated rings. The molecule has 0 amide bonds. The Morgan fingerprint density at radius 2 is 1.88 bits per heavy atom. The van der Waals surface area contributed by atoms with Crippen molar-refractivity contribution in [2.24, 2.45) is 5.73 Å². The number of alkyl halides is 3. The molecule has 0 aliphatic heterocycles. The van der Waals surface area contributed by atoms with Gasteiger partial charge in [-0.15, -0.1) is 13.2 Å². The van der Waals surface area contributed by atoms with Crippen LogP contribution in [0.5, 0.6) is 5.75 Å². The molecule has 2 nitrogen and oxygen atoms in total. The molecule has 6 heteroatoms. The fraction of sp³-hybridized carbons (Fsp3) is 0.455. The molecule has 17 heavy (non-hydrogen) atoms. The second-order valence-corrected chi connectivity index (χ2v) is 4.69. The molecule has 0 saturated carbocycles. The van der Waals surface area contributed by atoms with E-state index in [0.29, 0.717) is 6.54 Å². The van der Waals surface area contributed by atoms with Crippen LogP contribution in [0.4, 0.5) is 13.2 Å². The van der Waals surface area contributed by atoms with Gasteiger partial charge >= 0.3 is 6.36 Å². The van der Waals surface area contributed by atoms with Crippen LogP contribution in [0.2, 0.25) is 5.02 Å². The van der Waals surface area contributed by atoms with Gasteiger partial charge in [-0.2, -0.15) is 0 Å². The Hall–Kier alpha value is -0.940. The molecular weight excluding hydrogens is 255 g/mol. The van der Waals surface area contributed by atoms with Gasteiger partial charge in [-0.25, -0.2) is 0 Å². The van der Waals surface area contributed by atoms with Gasteiger partial charge in [0.1, 0.15) is 5.75 Å². The predicted molar refractivity (Wildman–Crippen MR) is 60.2 cm³/mol. The molecule has 1 aromatic rings. The molecule has 0 saturated heterocycles. The van der Waals surface area contributed by atoms with E-state index in [9.17, 15) is 13.2 Å². The van der Waals surface area contributed by atoms with Gasteiger partial charge in [0.05, 0.1) is 5.02 Å². The molecule has 0 aliphatic carbocycles. The zero-order valence-electron chi connectivity index (χ0n) is 9.44. The van der Waals surface area contributed by atoms with Gasteiger partial charge in [-0.05, 0) is 17.7 Å². The van der Waals surface area contributed by atoms with Crippen LogP contribution in [-0.2, 0) is 5.41 Å². The summed E-state index contributed by atoms with van der Waals surface area (Å²) >= 11 is 5.73. The third-order valence-corrected chi connectivity index (χ3v) is 2.74. The summed E-state index contributed by atoms with van der Waals surface area (Å²) in [5, 5.41) is -0.0821. The van der Waals surface area contributed by atoms with Gasteiger partial charge in [0, 0.05) is 12.0 Å². The summed E-state index contributed by atoms with van der Waals surface area (Å²) in [6.07, 6.45) is -4.74. The van der Waals surface area contributed by atoms with E-state index in [1.165, 1.54) is 18.2 Å². The smallest absolute Gasteiger partial charge is 0.404 e. The number of hydrogen-bond acceptors (Lipinski definition) is 2. The number of benzene rings is 1. The SMILES string of the molecule is CC(C)(CN)c1ccc(OC(F)(F)F)c(Cl)c1. The second kappa shape index (κ2) is 4.74. The van der Waals surface area contributed by atoms with Crippen LogP contribution in [-0.4, -0.2) is 12.9 Å². The Kier molecular flexibility index (Phi) is 3.94. The average Bonchev–Trinajstić information content (AvgIpc) is 2.19. The van der Waals surface area contributed by atoms with Crippen molar-refractivity contribution in [2.75, 3.05) is 6.54 Å². The molecule has 0 aromatic heterocycles. The standard InChI is InChI=1S/C11H13ClF3NO/c1-10(2,6-16)7-3-4-9(8(12)5-7)17-11(13,14)15/h3-5H,6,16H2,1-2H3. The lowest BCUT2D eigenvalue weighted by Crippen LogP contribution is -2.28.